The second-order valence-electron chi connectivity index (χ2n) is 4.94. The van der Waals surface area contributed by atoms with Crippen molar-refractivity contribution in [3.63, 3.8) is 0 Å². The van der Waals surface area contributed by atoms with Gasteiger partial charge in [-0.1, -0.05) is 6.07 Å². The Labute approximate surface area is 138 Å². The quantitative estimate of drug-likeness (QED) is 0.633. The summed E-state index contributed by atoms with van der Waals surface area (Å²) >= 11 is 0. The molecule has 0 fully saturated rings. The molecule has 1 amide bonds. The van der Waals surface area contributed by atoms with E-state index in [1.54, 1.807) is 6.92 Å². The van der Waals surface area contributed by atoms with E-state index in [-0.39, 0.29) is 16.1 Å². The minimum absolute atomic E-state index is 0.0353. The first-order valence-electron chi connectivity index (χ1n) is 6.84. The van der Waals surface area contributed by atoms with Crippen LogP contribution in [-0.2, 0) is 10.0 Å². The van der Waals surface area contributed by atoms with Gasteiger partial charge in [0.1, 0.15) is 0 Å². The Morgan fingerprint density at radius 1 is 1.12 bits per heavy atom. The van der Waals surface area contributed by atoms with Gasteiger partial charge in [0.05, 0.1) is 15.5 Å². The van der Waals surface area contributed by atoms with Crippen molar-refractivity contribution >= 4 is 27.3 Å². The average Bonchev–Trinajstić information content (AvgIpc) is 2.56. The van der Waals surface area contributed by atoms with Crippen LogP contribution in [0.3, 0.4) is 0 Å². The predicted molar refractivity (Wildman–Crippen MR) is 88.5 cm³/mol. The summed E-state index contributed by atoms with van der Waals surface area (Å²) in [5.41, 5.74) is 1.09. The maximum Gasteiger partial charge on any atom is 0.271 e. The Morgan fingerprint density at radius 2 is 1.75 bits per heavy atom. The van der Waals surface area contributed by atoms with Gasteiger partial charge in [-0.05, 0) is 43.8 Å². The molecule has 0 aromatic heterocycles. The standard InChI is InChI=1S/C15H15N3O5S/c1-10-3-6-12(18(20)21)9-14(10)17-15(19)11-4-7-13(8-5-11)24(22,23)16-2/h3-9,16H,1-2H3,(H,17,19). The van der Waals surface area contributed by atoms with Crippen molar-refractivity contribution in [2.75, 3.05) is 12.4 Å². The lowest BCUT2D eigenvalue weighted by Crippen LogP contribution is -2.19. The lowest BCUT2D eigenvalue weighted by Gasteiger charge is -2.09. The third kappa shape index (κ3) is 3.76. The molecule has 0 heterocycles. The van der Waals surface area contributed by atoms with Crippen LogP contribution in [0.15, 0.2) is 47.4 Å². The Bertz CT molecular complexity index is 892. The number of carbonyl (C=O) groups excluding carboxylic acids is 1. The highest BCUT2D eigenvalue weighted by Crippen LogP contribution is 2.22. The van der Waals surface area contributed by atoms with Gasteiger partial charge in [-0.3, -0.25) is 14.9 Å². The van der Waals surface area contributed by atoms with E-state index in [0.717, 1.165) is 0 Å². The fourth-order valence-corrected chi connectivity index (χ4v) is 2.69. The summed E-state index contributed by atoms with van der Waals surface area (Å²) in [6, 6.07) is 9.51. The topological polar surface area (TPSA) is 118 Å². The molecule has 8 nitrogen and oxygen atoms in total. The average molecular weight is 349 g/mol. The summed E-state index contributed by atoms with van der Waals surface area (Å²) in [4.78, 5) is 22.5. The third-order valence-corrected chi connectivity index (χ3v) is 4.81. The van der Waals surface area contributed by atoms with Gasteiger partial charge in [0.25, 0.3) is 11.6 Å². The molecule has 126 valence electrons. The molecular weight excluding hydrogens is 334 g/mol. The van der Waals surface area contributed by atoms with Crippen molar-refractivity contribution in [3.05, 3.63) is 63.7 Å². The van der Waals surface area contributed by atoms with Crippen molar-refractivity contribution in [1.82, 2.24) is 4.72 Å². The summed E-state index contributed by atoms with van der Waals surface area (Å²) < 4.78 is 25.5. The minimum Gasteiger partial charge on any atom is -0.321 e. The number of carbonyl (C=O) groups is 1. The molecule has 0 bridgehead atoms. The number of nitro benzene ring substituents is 1. The Morgan fingerprint density at radius 3 is 2.29 bits per heavy atom. The molecule has 0 spiro atoms. The zero-order valence-corrected chi connectivity index (χ0v) is 13.8. The molecule has 9 heteroatoms. The Balaban J connectivity index is 2.25. The van der Waals surface area contributed by atoms with E-state index in [4.69, 9.17) is 0 Å². The largest absolute Gasteiger partial charge is 0.321 e. The number of hydrogen-bond acceptors (Lipinski definition) is 5. The highest BCUT2D eigenvalue weighted by Gasteiger charge is 2.14. The number of anilines is 1. The smallest absolute Gasteiger partial charge is 0.271 e. The van der Waals surface area contributed by atoms with Crippen molar-refractivity contribution in [1.29, 1.82) is 0 Å². The lowest BCUT2D eigenvalue weighted by molar-refractivity contribution is -0.384. The number of aryl methyl sites for hydroxylation is 1. The van der Waals surface area contributed by atoms with Crippen molar-refractivity contribution < 1.29 is 18.1 Å². The second-order valence-corrected chi connectivity index (χ2v) is 6.83. The maximum atomic E-state index is 12.2. The molecule has 0 saturated heterocycles. The molecule has 2 aromatic carbocycles. The van der Waals surface area contributed by atoms with Gasteiger partial charge >= 0.3 is 0 Å². The van der Waals surface area contributed by atoms with E-state index >= 15 is 0 Å². The zero-order chi connectivity index (χ0) is 17.9. The number of nitrogens with one attached hydrogen (secondary N) is 2. The molecule has 0 aliphatic carbocycles. The van der Waals surface area contributed by atoms with Gasteiger partial charge < -0.3 is 5.32 Å². The summed E-state index contributed by atoms with van der Waals surface area (Å²) in [7, 11) is -2.29. The van der Waals surface area contributed by atoms with Gasteiger partial charge in [0.2, 0.25) is 10.0 Å². The number of rotatable bonds is 5. The molecule has 24 heavy (non-hydrogen) atoms. The number of sulfonamides is 1. The number of benzene rings is 2. The molecule has 0 unspecified atom stereocenters. The molecule has 0 saturated carbocycles. The van der Waals surface area contributed by atoms with Crippen molar-refractivity contribution in [2.24, 2.45) is 0 Å². The molecular formula is C15H15N3O5S. The van der Waals surface area contributed by atoms with E-state index in [1.807, 2.05) is 0 Å². The molecule has 0 aliphatic heterocycles. The molecule has 0 aliphatic rings. The van der Waals surface area contributed by atoms with Crippen molar-refractivity contribution in [3.8, 4) is 0 Å². The molecule has 2 aromatic rings. The maximum absolute atomic E-state index is 12.2. The molecule has 0 atom stereocenters. The van der Waals surface area contributed by atoms with Crippen molar-refractivity contribution in [2.45, 2.75) is 11.8 Å². The minimum atomic E-state index is -3.58. The predicted octanol–water partition coefficient (Wildman–Crippen LogP) is 2.06. The first-order chi connectivity index (χ1) is 11.2. The van der Waals surface area contributed by atoms with Gasteiger partial charge in [-0.25, -0.2) is 13.1 Å². The molecule has 2 rings (SSSR count). The van der Waals surface area contributed by atoms with Crippen LogP contribution in [0.5, 0.6) is 0 Å². The zero-order valence-electron chi connectivity index (χ0n) is 12.9. The number of non-ortho nitro benzene ring substituents is 1. The first kappa shape index (κ1) is 17.6. The monoisotopic (exact) mass is 349 g/mol. The van der Waals surface area contributed by atoms with Crippen LogP contribution in [0, 0.1) is 17.0 Å². The van der Waals surface area contributed by atoms with Crippen LogP contribution in [0.1, 0.15) is 15.9 Å². The highest BCUT2D eigenvalue weighted by atomic mass is 32.2. The number of nitrogens with zero attached hydrogens (tertiary/aromatic N) is 1. The SMILES string of the molecule is CNS(=O)(=O)c1ccc(C(=O)Nc2cc([N+](=O)[O-])ccc2C)cc1. The Hall–Kier alpha value is -2.78. The van der Waals surface area contributed by atoms with Gasteiger partial charge in [0, 0.05) is 17.7 Å². The van der Waals surface area contributed by atoms with Crippen LogP contribution in [-0.4, -0.2) is 26.3 Å². The van der Waals surface area contributed by atoms with E-state index in [1.165, 1.54) is 49.5 Å². The summed E-state index contributed by atoms with van der Waals surface area (Å²) in [6.07, 6.45) is 0. The number of amides is 1. The summed E-state index contributed by atoms with van der Waals surface area (Å²) in [6.45, 7) is 1.71. The Kier molecular flexibility index (Phi) is 4.96. The summed E-state index contributed by atoms with van der Waals surface area (Å²) in [5, 5.41) is 13.4. The van der Waals surface area contributed by atoms with Crippen LogP contribution < -0.4 is 10.0 Å². The van der Waals surface area contributed by atoms with Gasteiger partial charge in [-0.2, -0.15) is 0 Å². The molecule has 0 radical (unpaired) electrons. The first-order valence-corrected chi connectivity index (χ1v) is 8.33. The fraction of sp³-hybridized carbons (Fsp3) is 0.133. The fourth-order valence-electron chi connectivity index (χ4n) is 1.96. The van der Waals surface area contributed by atoms with E-state index in [2.05, 4.69) is 10.0 Å². The van der Waals surface area contributed by atoms with Crippen LogP contribution in [0.25, 0.3) is 0 Å². The molecule has 2 N–H and O–H groups in total. The summed E-state index contributed by atoms with van der Waals surface area (Å²) in [5.74, 6) is -0.494. The van der Waals surface area contributed by atoms with Gasteiger partial charge in [-0.15, -0.1) is 0 Å². The van der Waals surface area contributed by atoms with Gasteiger partial charge in [0.15, 0.2) is 0 Å². The van der Waals surface area contributed by atoms with Crippen LogP contribution in [0.2, 0.25) is 0 Å². The van der Waals surface area contributed by atoms with Crippen LogP contribution in [0.4, 0.5) is 11.4 Å². The number of nitro groups is 1. The second kappa shape index (κ2) is 6.77. The third-order valence-electron chi connectivity index (χ3n) is 3.38. The normalized spacial score (nSPS) is 11.1. The number of hydrogen-bond donors (Lipinski definition) is 2. The van der Waals surface area contributed by atoms with E-state index in [9.17, 15) is 23.3 Å². The van der Waals surface area contributed by atoms with E-state index in [0.29, 0.717) is 11.3 Å². The lowest BCUT2D eigenvalue weighted by atomic mass is 10.1. The highest BCUT2D eigenvalue weighted by molar-refractivity contribution is 7.89. The van der Waals surface area contributed by atoms with Crippen LogP contribution >= 0.6 is 0 Å². The van der Waals surface area contributed by atoms with E-state index < -0.39 is 20.9 Å².